The molecule has 0 N–H and O–H groups in total. The summed E-state index contributed by atoms with van der Waals surface area (Å²) in [6.07, 6.45) is 0. The topological polar surface area (TPSA) is 18.1 Å². The lowest BCUT2D eigenvalue weighted by Gasteiger charge is -2.12. The van der Waals surface area contributed by atoms with Gasteiger partial charge in [-0.3, -0.25) is 0 Å². The second-order valence-electron chi connectivity index (χ2n) is 8.60. The average molecular weight is 424 g/mol. The van der Waals surface area contributed by atoms with Crippen molar-refractivity contribution in [2.45, 2.75) is 6.92 Å². The molecule has 156 valence electrons. The molecule has 2 heteroatoms. The Bertz CT molecular complexity index is 1770. The Morgan fingerprint density at radius 3 is 1.91 bits per heavy atom. The number of furan rings is 1. The lowest BCUT2D eigenvalue weighted by Crippen LogP contribution is -1.97. The number of para-hydroxylation sites is 2. The lowest BCUT2D eigenvalue weighted by atomic mass is 9.97. The molecule has 0 atom stereocenters. The Morgan fingerprint density at radius 1 is 0.545 bits per heavy atom. The molecule has 0 saturated heterocycles. The van der Waals surface area contributed by atoms with E-state index in [1.807, 2.05) is 0 Å². The molecule has 0 unspecified atom stereocenters. The number of aromatic nitrogens is 1. The molecule has 0 saturated carbocycles. The van der Waals surface area contributed by atoms with E-state index in [-0.39, 0.29) is 0 Å². The van der Waals surface area contributed by atoms with Gasteiger partial charge in [0.05, 0.1) is 11.0 Å². The molecule has 2 nitrogen and oxygen atoms in total. The summed E-state index contributed by atoms with van der Waals surface area (Å²) >= 11 is 0. The number of hydrogen-bond donors (Lipinski definition) is 0. The third-order valence-corrected chi connectivity index (χ3v) is 6.80. The molecular weight excluding hydrogens is 402 g/mol. The highest BCUT2D eigenvalue weighted by molar-refractivity contribution is 6.15. The minimum absolute atomic E-state index is 0.925. The van der Waals surface area contributed by atoms with Gasteiger partial charge in [0.25, 0.3) is 0 Å². The fourth-order valence-corrected chi connectivity index (χ4v) is 5.35. The van der Waals surface area contributed by atoms with Crippen LogP contribution in [-0.4, -0.2) is 4.57 Å². The van der Waals surface area contributed by atoms with Crippen LogP contribution in [0.4, 0.5) is 0 Å². The van der Waals surface area contributed by atoms with E-state index < -0.39 is 0 Å². The van der Waals surface area contributed by atoms with E-state index in [1.165, 1.54) is 55.0 Å². The number of aryl methyl sites for hydroxylation is 1. The Labute approximate surface area is 191 Å². The molecule has 0 spiro atoms. The summed E-state index contributed by atoms with van der Waals surface area (Å²) in [6.45, 7) is 2.22. The molecule has 33 heavy (non-hydrogen) atoms. The molecular formula is C31H21NO. The van der Waals surface area contributed by atoms with E-state index in [2.05, 4.69) is 121 Å². The van der Waals surface area contributed by atoms with Crippen LogP contribution in [0.2, 0.25) is 0 Å². The summed E-state index contributed by atoms with van der Waals surface area (Å²) in [4.78, 5) is 0. The van der Waals surface area contributed by atoms with Gasteiger partial charge in [-0.2, -0.15) is 0 Å². The normalized spacial score (nSPS) is 11.8. The van der Waals surface area contributed by atoms with E-state index in [4.69, 9.17) is 4.42 Å². The van der Waals surface area contributed by atoms with Gasteiger partial charge in [-0.1, -0.05) is 78.9 Å². The van der Waals surface area contributed by atoms with Crippen molar-refractivity contribution in [1.82, 2.24) is 4.57 Å². The van der Waals surface area contributed by atoms with Crippen LogP contribution >= 0.6 is 0 Å². The van der Waals surface area contributed by atoms with Crippen LogP contribution in [0.5, 0.6) is 0 Å². The first kappa shape index (κ1) is 18.3. The highest BCUT2D eigenvalue weighted by Gasteiger charge is 2.19. The van der Waals surface area contributed by atoms with Gasteiger partial charge in [-0.05, 0) is 53.9 Å². The van der Waals surface area contributed by atoms with Crippen molar-refractivity contribution in [2.75, 3.05) is 0 Å². The Morgan fingerprint density at radius 2 is 1.18 bits per heavy atom. The van der Waals surface area contributed by atoms with Gasteiger partial charge >= 0.3 is 0 Å². The Kier molecular flexibility index (Phi) is 3.80. The van der Waals surface area contributed by atoms with Gasteiger partial charge in [0.15, 0.2) is 0 Å². The minimum atomic E-state index is 0.925. The Hall–Kier alpha value is -4.30. The zero-order chi connectivity index (χ0) is 21.9. The second kappa shape index (κ2) is 6.85. The predicted octanol–water partition coefficient (Wildman–Crippen LogP) is 8.66. The maximum Gasteiger partial charge on any atom is 0.136 e. The molecule has 0 bridgehead atoms. The zero-order valence-corrected chi connectivity index (χ0v) is 18.2. The molecule has 7 aromatic rings. The molecule has 0 aliphatic rings. The summed E-state index contributed by atoms with van der Waals surface area (Å²) in [6, 6.07) is 38.5. The van der Waals surface area contributed by atoms with Gasteiger partial charge in [-0.25, -0.2) is 0 Å². The summed E-state index contributed by atoms with van der Waals surface area (Å²) in [5.41, 5.74) is 9.10. The number of hydrogen-bond acceptors (Lipinski definition) is 1. The molecule has 7 rings (SSSR count). The SMILES string of the molecule is Cc1c(-n2c3ccccc3c3ccccc32)ccc2oc3cccc(-c4ccccc4)c3c12. The van der Waals surface area contributed by atoms with Crippen molar-refractivity contribution < 1.29 is 4.42 Å². The quantitative estimate of drug-likeness (QED) is 0.272. The fraction of sp³-hybridized carbons (Fsp3) is 0.0323. The summed E-state index contributed by atoms with van der Waals surface area (Å²) in [5.74, 6) is 0. The third-order valence-electron chi connectivity index (χ3n) is 6.80. The van der Waals surface area contributed by atoms with Gasteiger partial charge < -0.3 is 8.98 Å². The highest BCUT2D eigenvalue weighted by atomic mass is 16.3. The van der Waals surface area contributed by atoms with E-state index in [0.717, 1.165) is 11.2 Å². The maximum absolute atomic E-state index is 6.33. The largest absolute Gasteiger partial charge is 0.456 e. The van der Waals surface area contributed by atoms with Crippen LogP contribution in [0.25, 0.3) is 60.6 Å². The van der Waals surface area contributed by atoms with Gasteiger partial charge in [-0.15, -0.1) is 0 Å². The van der Waals surface area contributed by atoms with Crippen LogP contribution in [0.15, 0.2) is 114 Å². The van der Waals surface area contributed by atoms with Crippen LogP contribution in [0.3, 0.4) is 0 Å². The van der Waals surface area contributed by atoms with E-state index in [1.54, 1.807) is 0 Å². The van der Waals surface area contributed by atoms with Crippen LogP contribution in [0, 0.1) is 6.92 Å². The number of benzene rings is 5. The third kappa shape index (κ3) is 2.55. The predicted molar refractivity (Wildman–Crippen MR) is 138 cm³/mol. The van der Waals surface area contributed by atoms with Crippen molar-refractivity contribution in [2.24, 2.45) is 0 Å². The first-order valence-electron chi connectivity index (χ1n) is 11.3. The van der Waals surface area contributed by atoms with Crippen molar-refractivity contribution >= 4 is 43.7 Å². The molecule has 2 heterocycles. The average Bonchev–Trinajstić information content (AvgIpc) is 3.41. The molecule has 5 aromatic carbocycles. The smallest absolute Gasteiger partial charge is 0.136 e. The van der Waals surface area contributed by atoms with E-state index in [0.29, 0.717) is 0 Å². The first-order valence-corrected chi connectivity index (χ1v) is 11.3. The number of nitrogens with zero attached hydrogens (tertiary/aromatic N) is 1. The van der Waals surface area contributed by atoms with Gasteiger partial charge in [0, 0.05) is 27.2 Å². The first-order chi connectivity index (χ1) is 16.3. The standard InChI is InChI=1S/C31H21NO/c1-20-25(32-26-15-7-5-12-23(26)24-13-6-8-16-27(24)32)18-19-29-30(20)31-22(14-9-17-28(31)33-29)21-10-3-2-4-11-21/h2-19H,1H3. The zero-order valence-electron chi connectivity index (χ0n) is 18.2. The summed E-state index contributed by atoms with van der Waals surface area (Å²) in [7, 11) is 0. The van der Waals surface area contributed by atoms with Crippen molar-refractivity contribution in [1.29, 1.82) is 0 Å². The minimum Gasteiger partial charge on any atom is -0.456 e. The number of fused-ring (bicyclic) bond motifs is 6. The second-order valence-corrected chi connectivity index (χ2v) is 8.60. The number of rotatable bonds is 2. The molecule has 0 fully saturated rings. The molecule has 0 radical (unpaired) electrons. The monoisotopic (exact) mass is 423 g/mol. The van der Waals surface area contributed by atoms with Gasteiger partial charge in [0.2, 0.25) is 0 Å². The van der Waals surface area contributed by atoms with Crippen LogP contribution in [0.1, 0.15) is 5.56 Å². The maximum atomic E-state index is 6.33. The molecule has 0 aliphatic carbocycles. The Balaban J connectivity index is 1.62. The van der Waals surface area contributed by atoms with Crippen molar-refractivity contribution in [3.8, 4) is 16.8 Å². The fourth-order valence-electron chi connectivity index (χ4n) is 5.35. The van der Waals surface area contributed by atoms with Crippen LogP contribution in [-0.2, 0) is 0 Å². The van der Waals surface area contributed by atoms with Crippen molar-refractivity contribution in [3.63, 3.8) is 0 Å². The molecule has 0 amide bonds. The summed E-state index contributed by atoms with van der Waals surface area (Å²) < 4.78 is 8.73. The van der Waals surface area contributed by atoms with Crippen LogP contribution < -0.4 is 0 Å². The molecule has 0 aliphatic heterocycles. The lowest BCUT2D eigenvalue weighted by molar-refractivity contribution is 0.669. The molecule has 2 aromatic heterocycles. The van der Waals surface area contributed by atoms with Crippen molar-refractivity contribution in [3.05, 3.63) is 115 Å². The van der Waals surface area contributed by atoms with E-state index in [9.17, 15) is 0 Å². The highest BCUT2D eigenvalue weighted by Crippen LogP contribution is 2.41. The van der Waals surface area contributed by atoms with E-state index >= 15 is 0 Å². The van der Waals surface area contributed by atoms with Gasteiger partial charge in [0.1, 0.15) is 11.2 Å². The summed E-state index contributed by atoms with van der Waals surface area (Å²) in [5, 5.41) is 4.91.